The Morgan fingerprint density at radius 3 is 2.07 bits per heavy atom. The fraction of sp³-hybridized carbons (Fsp3) is 0.222. The summed E-state index contributed by atoms with van der Waals surface area (Å²) >= 11 is 11.8. The second-order valence-corrected chi connectivity index (χ2v) is 9.03. The molecule has 2 aromatic rings. The molecule has 0 saturated carbocycles. The summed E-state index contributed by atoms with van der Waals surface area (Å²) < 4.78 is 22.8. The topological polar surface area (TPSA) is 92.3 Å². The van der Waals surface area contributed by atoms with Gasteiger partial charge in [-0.1, -0.05) is 30.1 Å². The van der Waals surface area contributed by atoms with Gasteiger partial charge in [-0.25, -0.2) is 8.42 Å². The quantitative estimate of drug-likeness (QED) is 0.706. The molecule has 0 aliphatic carbocycles. The van der Waals surface area contributed by atoms with Gasteiger partial charge in [-0.3, -0.25) is 9.59 Å². The summed E-state index contributed by atoms with van der Waals surface area (Å²) in [4.78, 5) is 24.3. The lowest BCUT2D eigenvalue weighted by Gasteiger charge is -2.08. The number of anilines is 1. The van der Waals surface area contributed by atoms with Gasteiger partial charge in [0.15, 0.2) is 9.84 Å². The van der Waals surface area contributed by atoms with Crippen LogP contribution in [0.2, 0.25) is 10.0 Å². The van der Waals surface area contributed by atoms with Crippen LogP contribution in [0.25, 0.3) is 0 Å². The molecule has 2 rings (SSSR count). The Balaban J connectivity index is 1.96. The van der Waals surface area contributed by atoms with Gasteiger partial charge >= 0.3 is 0 Å². The maximum absolute atomic E-state index is 12.2. The third-order valence-electron chi connectivity index (χ3n) is 3.67. The van der Waals surface area contributed by atoms with Crippen molar-refractivity contribution in [3.8, 4) is 0 Å². The Morgan fingerprint density at radius 2 is 1.52 bits per heavy atom. The minimum atomic E-state index is -3.13. The van der Waals surface area contributed by atoms with Crippen molar-refractivity contribution in [3.05, 3.63) is 63.6 Å². The van der Waals surface area contributed by atoms with Crippen LogP contribution in [0.5, 0.6) is 0 Å². The van der Waals surface area contributed by atoms with Crippen LogP contribution in [0.3, 0.4) is 0 Å². The van der Waals surface area contributed by atoms with Crippen LogP contribution < -0.4 is 10.6 Å². The number of hydrogen-bond donors (Lipinski definition) is 2. The molecule has 144 valence electrons. The predicted molar refractivity (Wildman–Crippen MR) is 108 cm³/mol. The summed E-state index contributed by atoms with van der Waals surface area (Å²) in [6.07, 6.45) is 0. The van der Waals surface area contributed by atoms with E-state index in [1.165, 1.54) is 30.3 Å². The van der Waals surface area contributed by atoms with Crippen LogP contribution in [0, 0.1) is 0 Å². The Morgan fingerprint density at radius 1 is 0.926 bits per heavy atom. The van der Waals surface area contributed by atoms with Crippen molar-refractivity contribution in [2.75, 3.05) is 23.4 Å². The molecule has 2 amide bonds. The number of hydrogen-bond acceptors (Lipinski definition) is 4. The van der Waals surface area contributed by atoms with E-state index in [0.717, 1.165) is 0 Å². The second kappa shape index (κ2) is 9.21. The van der Waals surface area contributed by atoms with E-state index in [9.17, 15) is 18.0 Å². The Hall–Kier alpha value is -2.09. The normalized spacial score (nSPS) is 11.1. The summed E-state index contributed by atoms with van der Waals surface area (Å²) in [5, 5.41) is 5.94. The first-order chi connectivity index (χ1) is 12.7. The third kappa shape index (κ3) is 6.53. The highest BCUT2D eigenvalue weighted by atomic mass is 35.5. The molecule has 0 fully saturated rings. The number of halogens is 2. The van der Waals surface area contributed by atoms with E-state index in [-0.39, 0.29) is 29.9 Å². The molecule has 0 saturated heterocycles. The van der Waals surface area contributed by atoms with Crippen LogP contribution in [0.15, 0.2) is 42.5 Å². The Kier molecular flexibility index (Phi) is 7.24. The van der Waals surface area contributed by atoms with E-state index in [1.807, 2.05) is 0 Å². The molecule has 0 aliphatic rings. The number of nitrogens with one attached hydrogen (secondary N) is 2. The van der Waals surface area contributed by atoms with Crippen molar-refractivity contribution < 1.29 is 18.0 Å². The van der Waals surface area contributed by atoms with Gasteiger partial charge in [-0.05, 0) is 42.5 Å². The Bertz CT molecular complexity index is 924. The molecule has 0 heterocycles. The standard InChI is InChI=1S/C18H18Cl2N2O4S/c1-2-27(25,26)8-7-21-17(23)12-3-5-16(6-4-12)22-18(24)13-9-14(19)11-15(20)10-13/h3-6,9-11H,2,7-8H2,1H3,(H,21,23)(H,22,24). The zero-order valence-corrected chi connectivity index (χ0v) is 16.8. The number of carbonyl (C=O) groups excluding carboxylic acids is 2. The maximum Gasteiger partial charge on any atom is 0.255 e. The lowest BCUT2D eigenvalue weighted by molar-refractivity contribution is 0.0955. The SMILES string of the molecule is CCS(=O)(=O)CCNC(=O)c1ccc(NC(=O)c2cc(Cl)cc(Cl)c2)cc1. The highest BCUT2D eigenvalue weighted by Gasteiger charge is 2.11. The summed E-state index contributed by atoms with van der Waals surface area (Å²) in [6.45, 7) is 1.60. The van der Waals surface area contributed by atoms with E-state index < -0.39 is 9.84 Å². The number of sulfone groups is 1. The Labute approximate surface area is 167 Å². The van der Waals surface area contributed by atoms with Crippen molar-refractivity contribution >= 4 is 50.5 Å². The first kappa shape index (κ1) is 21.2. The lowest BCUT2D eigenvalue weighted by Crippen LogP contribution is -2.29. The first-order valence-corrected chi connectivity index (χ1v) is 10.6. The van der Waals surface area contributed by atoms with Crippen molar-refractivity contribution in [2.45, 2.75) is 6.92 Å². The molecule has 0 spiro atoms. The molecule has 0 aromatic heterocycles. The van der Waals surface area contributed by atoms with Crippen LogP contribution in [-0.4, -0.2) is 38.3 Å². The minimum absolute atomic E-state index is 0.0368. The van der Waals surface area contributed by atoms with Crippen molar-refractivity contribution in [3.63, 3.8) is 0 Å². The van der Waals surface area contributed by atoms with Gasteiger partial charge in [0, 0.05) is 39.2 Å². The van der Waals surface area contributed by atoms with E-state index >= 15 is 0 Å². The number of benzene rings is 2. The lowest BCUT2D eigenvalue weighted by atomic mass is 10.1. The van der Waals surface area contributed by atoms with Gasteiger partial charge < -0.3 is 10.6 Å². The summed E-state index contributed by atoms with van der Waals surface area (Å²) in [7, 11) is -3.13. The van der Waals surface area contributed by atoms with Crippen molar-refractivity contribution in [2.24, 2.45) is 0 Å². The molecule has 9 heteroatoms. The van der Waals surface area contributed by atoms with Gasteiger partial charge in [0.2, 0.25) is 0 Å². The molecule has 0 radical (unpaired) electrons. The van der Waals surface area contributed by atoms with Gasteiger partial charge in [0.25, 0.3) is 11.8 Å². The molecule has 6 nitrogen and oxygen atoms in total. The van der Waals surface area contributed by atoms with Crippen LogP contribution in [-0.2, 0) is 9.84 Å². The van der Waals surface area contributed by atoms with E-state index in [0.29, 0.717) is 26.9 Å². The van der Waals surface area contributed by atoms with Crippen molar-refractivity contribution in [1.29, 1.82) is 0 Å². The molecule has 0 unspecified atom stereocenters. The fourth-order valence-electron chi connectivity index (χ4n) is 2.16. The van der Waals surface area contributed by atoms with Gasteiger partial charge in [-0.15, -0.1) is 0 Å². The average molecular weight is 429 g/mol. The molecular formula is C18H18Cl2N2O4S. The molecular weight excluding hydrogens is 411 g/mol. The largest absolute Gasteiger partial charge is 0.351 e. The summed E-state index contributed by atoms with van der Waals surface area (Å²) in [5.41, 5.74) is 1.15. The van der Waals surface area contributed by atoms with E-state index in [1.54, 1.807) is 19.1 Å². The molecule has 27 heavy (non-hydrogen) atoms. The van der Waals surface area contributed by atoms with Crippen LogP contribution >= 0.6 is 23.2 Å². The van der Waals surface area contributed by atoms with Gasteiger partial charge in [-0.2, -0.15) is 0 Å². The zero-order valence-electron chi connectivity index (χ0n) is 14.5. The number of amides is 2. The maximum atomic E-state index is 12.2. The molecule has 0 atom stereocenters. The third-order valence-corrected chi connectivity index (χ3v) is 5.81. The zero-order chi connectivity index (χ0) is 20.0. The van der Waals surface area contributed by atoms with Gasteiger partial charge in [0.05, 0.1) is 5.75 Å². The van der Waals surface area contributed by atoms with E-state index in [4.69, 9.17) is 23.2 Å². The number of carbonyl (C=O) groups is 2. The minimum Gasteiger partial charge on any atom is -0.351 e. The molecule has 2 N–H and O–H groups in total. The summed E-state index contributed by atoms with van der Waals surface area (Å²) in [6, 6.07) is 10.7. The molecule has 0 bridgehead atoms. The van der Waals surface area contributed by atoms with E-state index in [2.05, 4.69) is 10.6 Å². The number of rotatable bonds is 7. The highest BCUT2D eigenvalue weighted by Crippen LogP contribution is 2.20. The van der Waals surface area contributed by atoms with Crippen molar-refractivity contribution in [1.82, 2.24) is 5.32 Å². The molecule has 0 aliphatic heterocycles. The smallest absolute Gasteiger partial charge is 0.255 e. The fourth-order valence-corrected chi connectivity index (χ4v) is 3.39. The molecule has 2 aromatic carbocycles. The van der Waals surface area contributed by atoms with Crippen LogP contribution in [0.1, 0.15) is 27.6 Å². The highest BCUT2D eigenvalue weighted by molar-refractivity contribution is 7.91. The predicted octanol–water partition coefficient (Wildman–Crippen LogP) is 3.41. The second-order valence-electron chi connectivity index (χ2n) is 5.68. The van der Waals surface area contributed by atoms with Crippen LogP contribution in [0.4, 0.5) is 5.69 Å². The summed E-state index contributed by atoms with van der Waals surface area (Å²) in [5.74, 6) is -0.845. The average Bonchev–Trinajstić information content (AvgIpc) is 2.61. The van der Waals surface area contributed by atoms with Gasteiger partial charge in [0.1, 0.15) is 0 Å². The monoisotopic (exact) mass is 428 g/mol. The first-order valence-electron chi connectivity index (χ1n) is 8.06.